The third-order valence-corrected chi connectivity index (χ3v) is 2.49. The van der Waals surface area contributed by atoms with Gasteiger partial charge in [0.2, 0.25) is 5.95 Å². The molecule has 3 N–H and O–H groups in total. The predicted molar refractivity (Wildman–Crippen MR) is 61.9 cm³/mol. The molecular formula is C8H10BrN7. The van der Waals surface area contributed by atoms with Crippen LogP contribution in [-0.4, -0.2) is 24.7 Å². The quantitative estimate of drug-likeness (QED) is 0.623. The second-order valence-corrected chi connectivity index (χ2v) is 3.98. The van der Waals surface area contributed by atoms with E-state index in [0.29, 0.717) is 17.6 Å². The number of aryl methyl sites for hydroxylation is 2. The highest BCUT2D eigenvalue weighted by atomic mass is 79.9. The van der Waals surface area contributed by atoms with Crippen LogP contribution >= 0.6 is 15.9 Å². The molecule has 2 aromatic rings. The zero-order valence-corrected chi connectivity index (χ0v) is 10.4. The smallest absolute Gasteiger partial charge is 0.239 e. The lowest BCUT2D eigenvalue weighted by Gasteiger charge is -2.06. The van der Waals surface area contributed by atoms with Crippen molar-refractivity contribution in [3.05, 3.63) is 22.3 Å². The summed E-state index contributed by atoms with van der Waals surface area (Å²) < 4.78 is 2.35. The lowest BCUT2D eigenvalue weighted by Crippen LogP contribution is -2.13. The fraction of sp³-hybridized carbons (Fsp3) is 0.250. The number of anilines is 1. The summed E-state index contributed by atoms with van der Waals surface area (Å²) in [5.41, 5.74) is 2.39. The van der Waals surface area contributed by atoms with Crippen LogP contribution in [0.2, 0.25) is 0 Å². The topological polar surface area (TPSA) is 94.5 Å². The summed E-state index contributed by atoms with van der Waals surface area (Å²) in [6.45, 7) is 3.67. The summed E-state index contributed by atoms with van der Waals surface area (Å²) >= 11 is 3.36. The summed E-state index contributed by atoms with van der Waals surface area (Å²) in [4.78, 5) is 12.4. The molecule has 2 rings (SSSR count). The first-order valence-corrected chi connectivity index (χ1v) is 5.31. The van der Waals surface area contributed by atoms with Gasteiger partial charge in [-0.05, 0) is 29.8 Å². The second kappa shape index (κ2) is 4.14. The summed E-state index contributed by atoms with van der Waals surface area (Å²) in [7, 11) is 0. The number of hydrogen-bond acceptors (Lipinski definition) is 6. The monoisotopic (exact) mass is 283 g/mol. The molecule has 0 unspecified atom stereocenters. The summed E-state index contributed by atoms with van der Waals surface area (Å²) in [5, 5.41) is 4.23. The van der Waals surface area contributed by atoms with Gasteiger partial charge in [-0.25, -0.2) is 15.8 Å². The maximum absolute atomic E-state index is 5.25. The molecule has 0 aliphatic rings. The summed E-state index contributed by atoms with van der Waals surface area (Å²) in [6, 6.07) is 0. The molecule has 0 atom stereocenters. The van der Waals surface area contributed by atoms with Crippen molar-refractivity contribution in [3.8, 4) is 5.82 Å². The third kappa shape index (κ3) is 1.89. The van der Waals surface area contributed by atoms with Crippen LogP contribution in [0.3, 0.4) is 0 Å². The fourth-order valence-electron chi connectivity index (χ4n) is 1.30. The Morgan fingerprint density at radius 3 is 2.69 bits per heavy atom. The standard InChI is InChI=1S/C8H10BrN7/c1-4-12-5(2)16(15-4)7-6(9)3-11-8(13-7)14-10/h3H,10H2,1-2H3,(H,11,13,14). The van der Waals surface area contributed by atoms with Crippen molar-refractivity contribution in [1.82, 2.24) is 24.7 Å². The first-order chi connectivity index (χ1) is 7.61. The minimum atomic E-state index is 0.325. The molecule has 0 aromatic carbocycles. The van der Waals surface area contributed by atoms with Crippen LogP contribution in [0.5, 0.6) is 0 Å². The number of hydrogen-bond donors (Lipinski definition) is 2. The van der Waals surface area contributed by atoms with Gasteiger partial charge in [0.1, 0.15) is 11.6 Å². The van der Waals surface area contributed by atoms with Crippen LogP contribution in [0.15, 0.2) is 10.7 Å². The van der Waals surface area contributed by atoms with E-state index < -0.39 is 0 Å². The van der Waals surface area contributed by atoms with Crippen molar-refractivity contribution in [2.75, 3.05) is 5.43 Å². The normalized spacial score (nSPS) is 10.5. The average Bonchev–Trinajstić information content (AvgIpc) is 2.58. The van der Waals surface area contributed by atoms with E-state index in [1.165, 1.54) is 0 Å². The Bertz CT molecular complexity index is 521. The zero-order chi connectivity index (χ0) is 11.7. The molecule has 0 aliphatic heterocycles. The molecule has 0 amide bonds. The highest BCUT2D eigenvalue weighted by Gasteiger charge is 2.11. The van der Waals surface area contributed by atoms with Crippen LogP contribution < -0.4 is 11.3 Å². The van der Waals surface area contributed by atoms with Crippen LogP contribution in [0.25, 0.3) is 5.82 Å². The Hall–Kier alpha value is -1.54. The van der Waals surface area contributed by atoms with E-state index >= 15 is 0 Å². The molecule has 7 nitrogen and oxygen atoms in total. The van der Waals surface area contributed by atoms with Crippen LogP contribution in [0.4, 0.5) is 5.95 Å². The van der Waals surface area contributed by atoms with Crippen molar-refractivity contribution in [2.45, 2.75) is 13.8 Å². The molecule has 0 aliphatic carbocycles. The first kappa shape index (κ1) is 11.0. The molecule has 0 bridgehead atoms. The Kier molecular flexibility index (Phi) is 2.84. The minimum absolute atomic E-state index is 0.325. The van der Waals surface area contributed by atoms with E-state index in [1.807, 2.05) is 13.8 Å². The van der Waals surface area contributed by atoms with Crippen LogP contribution in [0.1, 0.15) is 11.6 Å². The van der Waals surface area contributed by atoms with Gasteiger partial charge in [0, 0.05) is 6.20 Å². The molecule has 0 fully saturated rings. The Morgan fingerprint density at radius 1 is 1.38 bits per heavy atom. The lowest BCUT2D eigenvalue weighted by molar-refractivity contribution is 0.794. The number of halogens is 1. The SMILES string of the molecule is Cc1nc(C)n(-c2nc(NN)ncc2Br)n1. The Balaban J connectivity index is 2.58. The molecule has 16 heavy (non-hydrogen) atoms. The fourth-order valence-corrected chi connectivity index (χ4v) is 1.66. The van der Waals surface area contributed by atoms with Gasteiger partial charge < -0.3 is 0 Å². The molecule has 0 spiro atoms. The Morgan fingerprint density at radius 2 is 2.12 bits per heavy atom. The first-order valence-electron chi connectivity index (χ1n) is 4.51. The number of nitrogens with two attached hydrogens (primary N) is 1. The van der Waals surface area contributed by atoms with Crippen molar-refractivity contribution in [2.24, 2.45) is 5.84 Å². The van der Waals surface area contributed by atoms with E-state index in [0.717, 1.165) is 10.3 Å². The molecule has 0 saturated heterocycles. The predicted octanol–water partition coefficient (Wildman–Crippen LogP) is 0.722. The molecule has 0 saturated carbocycles. The van der Waals surface area contributed by atoms with Crippen molar-refractivity contribution >= 4 is 21.9 Å². The lowest BCUT2D eigenvalue weighted by atomic mass is 10.5. The number of aromatic nitrogens is 5. The van der Waals surface area contributed by atoms with E-state index in [2.05, 4.69) is 41.4 Å². The molecule has 2 aromatic heterocycles. The summed E-state index contributed by atoms with van der Waals surface area (Å²) in [6.07, 6.45) is 1.61. The maximum atomic E-state index is 5.25. The van der Waals surface area contributed by atoms with Crippen LogP contribution in [-0.2, 0) is 0 Å². The number of nitrogens with one attached hydrogen (secondary N) is 1. The van der Waals surface area contributed by atoms with Gasteiger partial charge in [0.15, 0.2) is 5.82 Å². The van der Waals surface area contributed by atoms with E-state index in [4.69, 9.17) is 5.84 Å². The second-order valence-electron chi connectivity index (χ2n) is 3.13. The van der Waals surface area contributed by atoms with Gasteiger partial charge in [-0.2, -0.15) is 9.67 Å². The molecule has 0 radical (unpaired) electrons. The minimum Gasteiger partial charge on any atom is -0.292 e. The Labute approximate surface area is 100 Å². The van der Waals surface area contributed by atoms with E-state index in [-0.39, 0.29) is 0 Å². The van der Waals surface area contributed by atoms with Gasteiger partial charge in [0.25, 0.3) is 0 Å². The van der Waals surface area contributed by atoms with Gasteiger partial charge in [-0.15, -0.1) is 5.10 Å². The van der Waals surface area contributed by atoms with Crippen molar-refractivity contribution in [1.29, 1.82) is 0 Å². The largest absolute Gasteiger partial charge is 0.292 e. The van der Waals surface area contributed by atoms with Crippen molar-refractivity contribution in [3.63, 3.8) is 0 Å². The molecule has 8 heteroatoms. The third-order valence-electron chi connectivity index (χ3n) is 1.93. The summed E-state index contributed by atoms with van der Waals surface area (Å²) in [5.74, 6) is 7.61. The molecule has 84 valence electrons. The number of rotatable bonds is 2. The van der Waals surface area contributed by atoms with Crippen molar-refractivity contribution < 1.29 is 0 Å². The maximum Gasteiger partial charge on any atom is 0.239 e. The highest BCUT2D eigenvalue weighted by Crippen LogP contribution is 2.19. The van der Waals surface area contributed by atoms with Gasteiger partial charge >= 0.3 is 0 Å². The number of nitrogens with zero attached hydrogens (tertiary/aromatic N) is 5. The van der Waals surface area contributed by atoms with Gasteiger partial charge in [0.05, 0.1) is 4.47 Å². The van der Waals surface area contributed by atoms with Gasteiger partial charge in [-0.3, -0.25) is 5.43 Å². The zero-order valence-electron chi connectivity index (χ0n) is 8.77. The van der Waals surface area contributed by atoms with Crippen LogP contribution in [0, 0.1) is 13.8 Å². The highest BCUT2D eigenvalue weighted by molar-refractivity contribution is 9.10. The average molecular weight is 284 g/mol. The molecular weight excluding hydrogens is 274 g/mol. The van der Waals surface area contributed by atoms with Gasteiger partial charge in [-0.1, -0.05) is 0 Å². The number of nitrogen functional groups attached to an aromatic ring is 1. The molecule has 2 heterocycles. The van der Waals surface area contributed by atoms with E-state index in [1.54, 1.807) is 10.9 Å². The number of hydrazine groups is 1. The van der Waals surface area contributed by atoms with E-state index in [9.17, 15) is 0 Å².